The van der Waals surface area contributed by atoms with Crippen LogP contribution in [0, 0.1) is 105 Å². The Balaban J connectivity index is 0.000000443. The molecule has 1 heteroatoms. The second-order valence-corrected chi connectivity index (χ2v) is 7.46. The van der Waals surface area contributed by atoms with Crippen molar-refractivity contribution in [2.45, 2.75) is 94.9 Å². The van der Waals surface area contributed by atoms with E-state index in [0.717, 1.165) is 0 Å². The maximum Gasteiger partial charge on any atom is 2.00 e. The van der Waals surface area contributed by atoms with E-state index in [1.165, 1.54) is 70.2 Å². The molecule has 0 amide bonds. The molecule has 0 nitrogen and oxygen atoms in total. The first-order chi connectivity index (χ1) is 11.2. The molecular formula is C24H38Eu. The molecule has 0 unspecified atom stereocenters. The first kappa shape index (κ1) is 25.3. The Morgan fingerprint density at radius 2 is 0.840 bits per heavy atom. The average Bonchev–Trinajstić information content (AvgIpc) is 2.86. The fourth-order valence-electron chi connectivity index (χ4n) is 3.84. The topological polar surface area (TPSA) is 0 Å². The van der Waals surface area contributed by atoms with Crippen molar-refractivity contribution < 1.29 is 49.4 Å². The van der Waals surface area contributed by atoms with Gasteiger partial charge in [-0.1, -0.05) is 94.9 Å². The summed E-state index contributed by atoms with van der Waals surface area (Å²) < 4.78 is 0. The molecule has 0 bridgehead atoms. The normalized spacial score (nSPS) is 10.3. The number of rotatable bonds is 4. The fourth-order valence-corrected chi connectivity index (χ4v) is 3.84. The molecule has 1 radical (unpaired) electrons. The van der Waals surface area contributed by atoms with Crippen LogP contribution >= 0.6 is 0 Å². The summed E-state index contributed by atoms with van der Waals surface area (Å²) in [6, 6.07) is 0. The quantitative estimate of drug-likeness (QED) is 0.408. The van der Waals surface area contributed by atoms with Crippen LogP contribution in [0.25, 0.3) is 0 Å². The SMILES string of the molecule is CCCc1c(C)c(C)c(C)[c-]1C.CCCc1c(C)c(C)c(C)[c-]1C.[Eu+2]. The predicted molar refractivity (Wildman–Crippen MR) is 110 cm³/mol. The van der Waals surface area contributed by atoms with Crippen molar-refractivity contribution in [3.63, 3.8) is 0 Å². The molecule has 0 saturated heterocycles. The summed E-state index contributed by atoms with van der Waals surface area (Å²) in [6.07, 6.45) is 4.99. The Labute approximate surface area is 198 Å². The zero-order chi connectivity index (χ0) is 18.6. The fraction of sp³-hybridized carbons (Fsp3) is 0.583. The molecule has 0 fully saturated rings. The van der Waals surface area contributed by atoms with Crippen molar-refractivity contribution >= 4 is 0 Å². The van der Waals surface area contributed by atoms with Crippen molar-refractivity contribution in [3.05, 3.63) is 55.6 Å². The molecule has 0 aliphatic heterocycles. The third-order valence-corrected chi connectivity index (χ3v) is 6.19. The average molecular weight is 479 g/mol. The monoisotopic (exact) mass is 479 g/mol. The third kappa shape index (κ3) is 5.63. The maximum absolute atomic E-state index is 2.25. The Hall–Kier alpha value is 0.284. The van der Waals surface area contributed by atoms with Crippen LogP contribution in [-0.2, 0) is 12.8 Å². The van der Waals surface area contributed by atoms with Crippen molar-refractivity contribution in [2.75, 3.05) is 0 Å². The molecule has 0 N–H and O–H groups in total. The van der Waals surface area contributed by atoms with Crippen molar-refractivity contribution in [2.24, 2.45) is 0 Å². The molecule has 0 saturated carbocycles. The van der Waals surface area contributed by atoms with Gasteiger partial charge in [0.15, 0.2) is 0 Å². The number of hydrogen-bond acceptors (Lipinski definition) is 0. The zero-order valence-corrected chi connectivity index (χ0v) is 20.6. The van der Waals surface area contributed by atoms with Gasteiger partial charge in [-0.2, -0.15) is 55.6 Å². The molecule has 25 heavy (non-hydrogen) atoms. The summed E-state index contributed by atoms with van der Waals surface area (Å²) in [5.41, 5.74) is 15.2. The standard InChI is InChI=1S/2C12H19.Eu/c2*1-6-7-12-10(4)8(2)9(3)11(12)5;/h2*6-7H2,1-5H3;/q2*-1;+2. The van der Waals surface area contributed by atoms with Crippen molar-refractivity contribution in [1.29, 1.82) is 0 Å². The molecule has 0 aliphatic carbocycles. The van der Waals surface area contributed by atoms with Gasteiger partial charge in [0.05, 0.1) is 0 Å². The summed E-state index contributed by atoms with van der Waals surface area (Å²) >= 11 is 0. The van der Waals surface area contributed by atoms with Crippen molar-refractivity contribution in [1.82, 2.24) is 0 Å². The van der Waals surface area contributed by atoms with Crippen LogP contribution in [0.5, 0.6) is 0 Å². The van der Waals surface area contributed by atoms with E-state index < -0.39 is 0 Å². The smallest absolute Gasteiger partial charge is 0.196 e. The zero-order valence-electron chi connectivity index (χ0n) is 18.2. The van der Waals surface area contributed by atoms with Crippen LogP contribution in [0.15, 0.2) is 0 Å². The summed E-state index contributed by atoms with van der Waals surface area (Å²) in [4.78, 5) is 0. The van der Waals surface area contributed by atoms with Crippen LogP contribution in [-0.4, -0.2) is 0 Å². The van der Waals surface area contributed by atoms with Gasteiger partial charge in [-0.15, -0.1) is 0 Å². The van der Waals surface area contributed by atoms with Gasteiger partial charge in [0.1, 0.15) is 0 Å². The molecule has 2 rings (SSSR count). The Morgan fingerprint density at radius 1 is 0.560 bits per heavy atom. The van der Waals surface area contributed by atoms with E-state index in [2.05, 4.69) is 69.2 Å². The molecule has 0 heterocycles. The Kier molecular flexibility index (Phi) is 11.3. The molecule has 0 atom stereocenters. The summed E-state index contributed by atoms with van der Waals surface area (Å²) in [5.74, 6) is 0. The van der Waals surface area contributed by atoms with Gasteiger partial charge in [-0.25, -0.2) is 0 Å². The minimum Gasteiger partial charge on any atom is -0.196 e. The van der Waals surface area contributed by atoms with E-state index in [4.69, 9.17) is 0 Å². The van der Waals surface area contributed by atoms with Crippen LogP contribution < -0.4 is 0 Å². The molecule has 2 aromatic rings. The van der Waals surface area contributed by atoms with E-state index >= 15 is 0 Å². The second kappa shape index (κ2) is 11.2. The van der Waals surface area contributed by atoms with E-state index in [9.17, 15) is 0 Å². The van der Waals surface area contributed by atoms with Crippen molar-refractivity contribution in [3.8, 4) is 0 Å². The Morgan fingerprint density at radius 3 is 1.00 bits per heavy atom. The van der Waals surface area contributed by atoms with Gasteiger partial charge < -0.3 is 0 Å². The van der Waals surface area contributed by atoms with Gasteiger partial charge >= 0.3 is 49.4 Å². The summed E-state index contributed by atoms with van der Waals surface area (Å²) in [7, 11) is 0. The third-order valence-electron chi connectivity index (χ3n) is 6.19. The van der Waals surface area contributed by atoms with Gasteiger partial charge in [-0.05, 0) is 0 Å². The largest absolute Gasteiger partial charge is 2.00 e. The first-order valence-corrected chi connectivity index (χ1v) is 9.62. The Bertz CT molecular complexity index is 569. The van der Waals surface area contributed by atoms with Gasteiger partial charge in [0.25, 0.3) is 0 Å². The van der Waals surface area contributed by atoms with Crippen LogP contribution in [0.2, 0.25) is 0 Å². The van der Waals surface area contributed by atoms with Crippen LogP contribution in [0.4, 0.5) is 0 Å². The first-order valence-electron chi connectivity index (χ1n) is 9.62. The minimum absolute atomic E-state index is 0. The number of hydrogen-bond donors (Lipinski definition) is 0. The van der Waals surface area contributed by atoms with Crippen LogP contribution in [0.1, 0.15) is 82.3 Å². The molecular weight excluding hydrogens is 440 g/mol. The van der Waals surface area contributed by atoms with Gasteiger partial charge in [0.2, 0.25) is 0 Å². The molecule has 0 aromatic heterocycles. The van der Waals surface area contributed by atoms with E-state index in [-0.39, 0.29) is 49.4 Å². The van der Waals surface area contributed by atoms with Crippen LogP contribution in [0.3, 0.4) is 0 Å². The molecule has 0 aliphatic rings. The van der Waals surface area contributed by atoms with Gasteiger partial charge in [-0.3, -0.25) is 0 Å². The molecule has 2 aromatic carbocycles. The second-order valence-electron chi connectivity index (χ2n) is 7.46. The minimum atomic E-state index is 0. The van der Waals surface area contributed by atoms with Gasteiger partial charge in [0, 0.05) is 0 Å². The summed E-state index contributed by atoms with van der Waals surface area (Å²) in [6.45, 7) is 22.4. The molecule has 0 spiro atoms. The van der Waals surface area contributed by atoms with E-state index in [1.807, 2.05) is 0 Å². The molecule has 141 valence electrons. The maximum atomic E-state index is 2.25. The van der Waals surface area contributed by atoms with E-state index in [1.54, 1.807) is 11.1 Å². The summed E-state index contributed by atoms with van der Waals surface area (Å²) in [5, 5.41) is 0. The predicted octanol–water partition coefficient (Wildman–Crippen LogP) is 7.18. The van der Waals surface area contributed by atoms with E-state index in [0.29, 0.717) is 0 Å².